The van der Waals surface area contributed by atoms with E-state index in [1.807, 2.05) is 0 Å². The van der Waals surface area contributed by atoms with Crippen LogP contribution in [-0.4, -0.2) is 33.2 Å². The zero-order valence-electron chi connectivity index (χ0n) is 11.0. The first-order valence-electron chi connectivity index (χ1n) is 6.36. The van der Waals surface area contributed by atoms with Crippen LogP contribution in [0.5, 0.6) is 0 Å². The monoisotopic (exact) mass is 279 g/mol. The van der Waals surface area contributed by atoms with Gasteiger partial charge in [-0.05, 0) is 31.7 Å². The SMILES string of the molecule is CCC(CCN)CCC(=O)NCCCS(N)(=O)=O. The van der Waals surface area contributed by atoms with Gasteiger partial charge >= 0.3 is 0 Å². The van der Waals surface area contributed by atoms with Gasteiger partial charge in [-0.1, -0.05) is 13.3 Å². The molecule has 7 heteroatoms. The van der Waals surface area contributed by atoms with Gasteiger partial charge in [-0.3, -0.25) is 4.79 Å². The van der Waals surface area contributed by atoms with Crippen molar-refractivity contribution in [3.05, 3.63) is 0 Å². The van der Waals surface area contributed by atoms with Crippen LogP contribution in [0.2, 0.25) is 0 Å². The lowest BCUT2D eigenvalue weighted by Gasteiger charge is -2.13. The zero-order chi connectivity index (χ0) is 14.0. The summed E-state index contributed by atoms with van der Waals surface area (Å²) in [5.41, 5.74) is 5.48. The van der Waals surface area contributed by atoms with Gasteiger partial charge in [-0.2, -0.15) is 0 Å². The molecular formula is C11H25N3O3S. The Labute approximate surface area is 110 Å². The molecule has 18 heavy (non-hydrogen) atoms. The Balaban J connectivity index is 3.65. The van der Waals surface area contributed by atoms with Crippen molar-refractivity contribution in [2.75, 3.05) is 18.8 Å². The summed E-state index contributed by atoms with van der Waals surface area (Å²) in [6, 6.07) is 0. The standard InChI is InChI=1S/C11H25N3O3S/c1-2-10(6-7-12)4-5-11(15)14-8-3-9-18(13,16)17/h10H,2-9,12H2,1H3,(H,14,15)(H2,13,16,17). The van der Waals surface area contributed by atoms with Crippen LogP contribution >= 0.6 is 0 Å². The molecule has 5 N–H and O–H groups in total. The predicted octanol–water partition coefficient (Wildman–Crippen LogP) is -0.0636. The lowest BCUT2D eigenvalue weighted by molar-refractivity contribution is -0.121. The van der Waals surface area contributed by atoms with Crippen molar-refractivity contribution in [2.24, 2.45) is 16.8 Å². The number of carbonyl (C=O) groups is 1. The first-order chi connectivity index (χ1) is 8.39. The highest BCUT2D eigenvalue weighted by Crippen LogP contribution is 2.14. The van der Waals surface area contributed by atoms with E-state index in [-0.39, 0.29) is 11.7 Å². The molecule has 1 amide bonds. The van der Waals surface area contributed by atoms with Gasteiger partial charge in [0.1, 0.15) is 0 Å². The van der Waals surface area contributed by atoms with Crippen LogP contribution in [0.1, 0.15) is 39.0 Å². The maximum atomic E-state index is 11.5. The molecule has 0 radical (unpaired) electrons. The maximum Gasteiger partial charge on any atom is 0.220 e. The minimum atomic E-state index is -3.42. The smallest absolute Gasteiger partial charge is 0.220 e. The van der Waals surface area contributed by atoms with E-state index in [0.717, 1.165) is 19.3 Å². The summed E-state index contributed by atoms with van der Waals surface area (Å²) in [6.45, 7) is 3.09. The second-order valence-electron chi connectivity index (χ2n) is 4.46. The molecule has 6 nitrogen and oxygen atoms in total. The number of amides is 1. The van der Waals surface area contributed by atoms with Crippen molar-refractivity contribution < 1.29 is 13.2 Å². The van der Waals surface area contributed by atoms with E-state index in [0.29, 0.717) is 31.8 Å². The van der Waals surface area contributed by atoms with E-state index in [1.54, 1.807) is 0 Å². The fourth-order valence-corrected chi connectivity index (χ4v) is 2.26. The predicted molar refractivity (Wildman–Crippen MR) is 72.3 cm³/mol. The molecule has 0 bridgehead atoms. The molecule has 0 rings (SSSR count). The van der Waals surface area contributed by atoms with Gasteiger partial charge in [0, 0.05) is 13.0 Å². The van der Waals surface area contributed by atoms with Crippen molar-refractivity contribution in [3.8, 4) is 0 Å². The van der Waals surface area contributed by atoms with Gasteiger partial charge in [-0.25, -0.2) is 13.6 Å². The summed E-state index contributed by atoms with van der Waals surface area (Å²) in [5.74, 6) is 0.350. The highest BCUT2D eigenvalue weighted by Gasteiger charge is 2.09. The van der Waals surface area contributed by atoms with Crippen LogP contribution < -0.4 is 16.2 Å². The van der Waals surface area contributed by atoms with Crippen LogP contribution in [0.25, 0.3) is 0 Å². The summed E-state index contributed by atoms with van der Waals surface area (Å²) in [5, 5.41) is 7.54. The minimum Gasteiger partial charge on any atom is -0.356 e. The lowest BCUT2D eigenvalue weighted by Crippen LogP contribution is -2.27. The summed E-state index contributed by atoms with van der Waals surface area (Å²) in [7, 11) is -3.42. The first-order valence-corrected chi connectivity index (χ1v) is 8.07. The van der Waals surface area contributed by atoms with Gasteiger partial charge in [0.15, 0.2) is 0 Å². The number of hydrogen-bond acceptors (Lipinski definition) is 4. The van der Waals surface area contributed by atoms with E-state index in [4.69, 9.17) is 10.9 Å². The third kappa shape index (κ3) is 10.5. The van der Waals surface area contributed by atoms with E-state index < -0.39 is 10.0 Å². The Bertz CT molecular complexity index is 330. The summed E-state index contributed by atoms with van der Waals surface area (Å²) in [6.07, 6.45) is 3.61. The summed E-state index contributed by atoms with van der Waals surface area (Å²) < 4.78 is 21.3. The van der Waals surface area contributed by atoms with E-state index in [1.165, 1.54) is 0 Å². The number of nitrogens with one attached hydrogen (secondary N) is 1. The largest absolute Gasteiger partial charge is 0.356 e. The van der Waals surface area contributed by atoms with Gasteiger partial charge in [0.2, 0.25) is 15.9 Å². The molecule has 0 aromatic carbocycles. The maximum absolute atomic E-state index is 11.5. The minimum absolute atomic E-state index is 0.0418. The van der Waals surface area contributed by atoms with E-state index in [9.17, 15) is 13.2 Å². The van der Waals surface area contributed by atoms with Gasteiger partial charge in [0.25, 0.3) is 0 Å². The van der Waals surface area contributed by atoms with Crippen LogP contribution in [0.4, 0.5) is 0 Å². The Kier molecular flexibility index (Phi) is 8.95. The fourth-order valence-electron chi connectivity index (χ4n) is 1.71. The summed E-state index contributed by atoms with van der Waals surface area (Å²) in [4.78, 5) is 11.5. The molecule has 0 saturated heterocycles. The molecule has 108 valence electrons. The topological polar surface area (TPSA) is 115 Å². The molecule has 0 aliphatic heterocycles. The zero-order valence-corrected chi connectivity index (χ0v) is 11.8. The molecular weight excluding hydrogens is 254 g/mol. The second-order valence-corrected chi connectivity index (χ2v) is 6.19. The highest BCUT2D eigenvalue weighted by molar-refractivity contribution is 7.89. The number of rotatable bonds is 10. The van der Waals surface area contributed by atoms with Gasteiger partial charge < -0.3 is 11.1 Å². The second kappa shape index (κ2) is 9.29. The fraction of sp³-hybridized carbons (Fsp3) is 0.909. The summed E-state index contributed by atoms with van der Waals surface area (Å²) >= 11 is 0. The van der Waals surface area contributed by atoms with Gasteiger partial charge in [0.05, 0.1) is 5.75 Å². The van der Waals surface area contributed by atoms with Crippen molar-refractivity contribution in [1.82, 2.24) is 5.32 Å². The average molecular weight is 279 g/mol. The first kappa shape index (κ1) is 17.3. The van der Waals surface area contributed by atoms with E-state index in [2.05, 4.69) is 12.2 Å². The quantitative estimate of drug-likeness (QED) is 0.486. The molecule has 0 spiro atoms. The molecule has 0 aromatic rings. The van der Waals surface area contributed by atoms with Crippen molar-refractivity contribution in [1.29, 1.82) is 0 Å². The van der Waals surface area contributed by atoms with Crippen LogP contribution in [0, 0.1) is 5.92 Å². The Morgan fingerprint density at radius 2 is 2.00 bits per heavy atom. The molecule has 1 unspecified atom stereocenters. The van der Waals surface area contributed by atoms with Crippen molar-refractivity contribution in [2.45, 2.75) is 39.0 Å². The highest BCUT2D eigenvalue weighted by atomic mass is 32.2. The van der Waals surface area contributed by atoms with Crippen LogP contribution in [-0.2, 0) is 14.8 Å². The number of sulfonamides is 1. The number of hydrogen-bond donors (Lipinski definition) is 3. The molecule has 0 aromatic heterocycles. The molecule has 0 heterocycles. The number of nitrogens with two attached hydrogens (primary N) is 2. The van der Waals surface area contributed by atoms with Gasteiger partial charge in [-0.15, -0.1) is 0 Å². The average Bonchev–Trinajstić information content (AvgIpc) is 2.29. The Morgan fingerprint density at radius 3 is 2.50 bits per heavy atom. The normalized spacial score (nSPS) is 13.3. The van der Waals surface area contributed by atoms with Crippen molar-refractivity contribution in [3.63, 3.8) is 0 Å². The van der Waals surface area contributed by atoms with Crippen LogP contribution in [0.15, 0.2) is 0 Å². The molecule has 0 fully saturated rings. The Hall–Kier alpha value is -0.660. The molecule has 0 aliphatic rings. The Morgan fingerprint density at radius 1 is 1.33 bits per heavy atom. The third-order valence-corrected chi connectivity index (χ3v) is 3.72. The lowest BCUT2D eigenvalue weighted by atomic mass is 9.96. The number of carbonyl (C=O) groups excluding carboxylic acids is 1. The third-order valence-electron chi connectivity index (χ3n) is 2.86. The van der Waals surface area contributed by atoms with E-state index >= 15 is 0 Å². The van der Waals surface area contributed by atoms with Crippen molar-refractivity contribution >= 4 is 15.9 Å². The van der Waals surface area contributed by atoms with Crippen LogP contribution in [0.3, 0.4) is 0 Å². The molecule has 1 atom stereocenters. The molecule has 0 saturated carbocycles. The number of primary sulfonamides is 1. The molecule has 0 aliphatic carbocycles.